The molecule has 4 aromatic carbocycles. The van der Waals surface area contributed by atoms with Crippen LogP contribution >= 0.6 is 11.6 Å². The van der Waals surface area contributed by atoms with Gasteiger partial charge in [-0.15, -0.1) is 0 Å². The van der Waals surface area contributed by atoms with Crippen molar-refractivity contribution >= 4 is 30.0 Å². The van der Waals surface area contributed by atoms with Crippen LogP contribution in [0.5, 0.6) is 0 Å². The Hall–Kier alpha value is -3.60. The van der Waals surface area contributed by atoms with Gasteiger partial charge in [0.1, 0.15) is 8.07 Å². The summed E-state index contributed by atoms with van der Waals surface area (Å²) in [6.45, 7) is 4.84. The van der Waals surface area contributed by atoms with Gasteiger partial charge < -0.3 is 0 Å². The van der Waals surface area contributed by atoms with E-state index in [0.29, 0.717) is 22.5 Å². The molecule has 0 N–H and O–H groups in total. The maximum atomic E-state index is 6.12. The number of benzene rings is 4. The van der Waals surface area contributed by atoms with Gasteiger partial charge >= 0.3 is 0 Å². The molecule has 0 saturated heterocycles. The predicted octanol–water partition coefficient (Wildman–Crippen LogP) is 6.33. The Morgan fingerprint density at radius 3 is 1.76 bits per heavy atom. The summed E-state index contributed by atoms with van der Waals surface area (Å²) in [7, 11) is -1.79. The maximum absolute atomic E-state index is 6.12. The molecule has 34 heavy (non-hydrogen) atoms. The Morgan fingerprint density at radius 1 is 0.529 bits per heavy atom. The number of halogens is 1. The van der Waals surface area contributed by atoms with Gasteiger partial charge in [0.15, 0.2) is 17.5 Å². The van der Waals surface area contributed by atoms with Gasteiger partial charge in [0.05, 0.1) is 0 Å². The molecule has 5 heteroatoms. The van der Waals surface area contributed by atoms with Crippen molar-refractivity contribution < 1.29 is 0 Å². The van der Waals surface area contributed by atoms with E-state index in [0.717, 1.165) is 16.7 Å². The third-order valence-corrected chi connectivity index (χ3v) is 10.4. The third-order valence-electron chi connectivity index (χ3n) is 6.61. The summed E-state index contributed by atoms with van der Waals surface area (Å²) in [5.41, 5.74) is 5.59. The lowest BCUT2D eigenvalue weighted by Gasteiger charge is -2.19. The van der Waals surface area contributed by atoms with Crippen LogP contribution in [0, 0.1) is 0 Å². The number of rotatable bonds is 3. The minimum atomic E-state index is -1.79. The Morgan fingerprint density at radius 2 is 1.06 bits per heavy atom. The molecule has 164 valence electrons. The van der Waals surface area contributed by atoms with Crippen LogP contribution in [0.4, 0.5) is 0 Å². The van der Waals surface area contributed by atoms with Gasteiger partial charge in [-0.1, -0.05) is 97.5 Å². The summed E-state index contributed by atoms with van der Waals surface area (Å²) >= 11 is 6.12. The van der Waals surface area contributed by atoms with Crippen LogP contribution in [-0.2, 0) is 0 Å². The molecule has 0 aliphatic carbocycles. The van der Waals surface area contributed by atoms with E-state index in [9.17, 15) is 0 Å². The molecule has 1 aliphatic heterocycles. The summed E-state index contributed by atoms with van der Waals surface area (Å²) in [5, 5.41) is 3.61. The highest BCUT2D eigenvalue weighted by molar-refractivity contribution is 7.03. The van der Waals surface area contributed by atoms with Gasteiger partial charge in [0.2, 0.25) is 0 Å². The van der Waals surface area contributed by atoms with Gasteiger partial charge in [0.25, 0.3) is 0 Å². The second-order valence-corrected chi connectivity index (χ2v) is 13.9. The fourth-order valence-electron chi connectivity index (χ4n) is 4.79. The van der Waals surface area contributed by atoms with E-state index in [4.69, 9.17) is 26.6 Å². The summed E-state index contributed by atoms with van der Waals surface area (Å²) in [6, 6.07) is 33.2. The van der Waals surface area contributed by atoms with E-state index in [-0.39, 0.29) is 0 Å². The summed E-state index contributed by atoms with van der Waals surface area (Å²) in [5.74, 6) is 1.99. The van der Waals surface area contributed by atoms with E-state index in [2.05, 4.69) is 55.6 Å². The number of fused-ring (bicyclic) bond motifs is 3. The van der Waals surface area contributed by atoms with E-state index in [1.807, 2.05) is 54.6 Å². The third kappa shape index (κ3) is 3.47. The number of hydrogen-bond acceptors (Lipinski definition) is 3. The molecule has 1 aliphatic rings. The van der Waals surface area contributed by atoms with Crippen LogP contribution in [0.15, 0.2) is 97.1 Å². The molecule has 1 aromatic heterocycles. The van der Waals surface area contributed by atoms with Gasteiger partial charge in [0, 0.05) is 21.7 Å². The van der Waals surface area contributed by atoms with Crippen LogP contribution in [-0.4, -0.2) is 23.0 Å². The van der Waals surface area contributed by atoms with Crippen molar-refractivity contribution in [3.05, 3.63) is 102 Å². The van der Waals surface area contributed by atoms with Gasteiger partial charge in [-0.3, -0.25) is 0 Å². The highest BCUT2D eigenvalue weighted by atomic mass is 35.5. The lowest BCUT2D eigenvalue weighted by molar-refractivity contribution is 1.07. The van der Waals surface area contributed by atoms with Crippen LogP contribution in [0.1, 0.15) is 0 Å². The van der Waals surface area contributed by atoms with Crippen LogP contribution in [0.3, 0.4) is 0 Å². The van der Waals surface area contributed by atoms with Crippen molar-refractivity contribution in [2.45, 2.75) is 13.1 Å². The molecule has 0 spiro atoms. The second-order valence-electron chi connectivity index (χ2n) is 9.11. The first-order valence-corrected chi connectivity index (χ1v) is 14.7. The Bertz CT molecular complexity index is 1530. The zero-order valence-electron chi connectivity index (χ0n) is 19.0. The van der Waals surface area contributed by atoms with Crippen molar-refractivity contribution in [3.8, 4) is 45.3 Å². The fourth-order valence-corrected chi connectivity index (χ4v) is 8.02. The topological polar surface area (TPSA) is 38.7 Å². The van der Waals surface area contributed by atoms with Crippen molar-refractivity contribution in [2.24, 2.45) is 0 Å². The van der Waals surface area contributed by atoms with Crippen molar-refractivity contribution in [2.75, 3.05) is 0 Å². The van der Waals surface area contributed by atoms with Gasteiger partial charge in [-0.25, -0.2) is 15.0 Å². The van der Waals surface area contributed by atoms with Crippen LogP contribution in [0.25, 0.3) is 45.3 Å². The van der Waals surface area contributed by atoms with Crippen LogP contribution < -0.4 is 10.4 Å². The molecule has 0 unspecified atom stereocenters. The largest absolute Gasteiger partial charge is 0.208 e. The van der Waals surface area contributed by atoms with E-state index in [1.165, 1.54) is 21.5 Å². The lowest BCUT2D eigenvalue weighted by Crippen LogP contribution is -2.49. The zero-order valence-corrected chi connectivity index (χ0v) is 20.7. The summed E-state index contributed by atoms with van der Waals surface area (Å²) in [4.78, 5) is 14.6. The number of aromatic nitrogens is 3. The Labute approximate surface area is 205 Å². The number of nitrogens with zero attached hydrogens (tertiary/aromatic N) is 3. The highest BCUT2D eigenvalue weighted by Crippen LogP contribution is 2.31. The first kappa shape index (κ1) is 21.0. The molecule has 6 rings (SSSR count). The standard InChI is InChI=1S/C29H22ClN3Si/c1-34(2)25-11-7-6-10-23(25)24-17-14-21(18-26(24)34)29-32-27(19-8-4-3-5-9-19)31-28(33-29)20-12-15-22(30)16-13-20/h3-18H,1-2H3. The Kier molecular flexibility index (Phi) is 4.94. The smallest absolute Gasteiger partial charge is 0.164 e. The molecule has 0 fully saturated rings. The normalized spacial score (nSPS) is 13.4. The van der Waals surface area contributed by atoms with E-state index >= 15 is 0 Å². The minimum absolute atomic E-state index is 0.640. The first-order valence-electron chi connectivity index (χ1n) is 11.3. The van der Waals surface area contributed by atoms with Crippen LogP contribution in [0.2, 0.25) is 18.1 Å². The minimum Gasteiger partial charge on any atom is -0.208 e. The van der Waals surface area contributed by atoms with Crippen molar-refractivity contribution in [3.63, 3.8) is 0 Å². The fraction of sp³-hybridized carbons (Fsp3) is 0.0690. The summed E-state index contributed by atoms with van der Waals surface area (Å²) < 4.78 is 0. The molecule has 0 saturated carbocycles. The zero-order chi connectivity index (χ0) is 23.3. The molecule has 0 atom stereocenters. The van der Waals surface area contributed by atoms with Crippen molar-refractivity contribution in [1.29, 1.82) is 0 Å². The molecule has 0 bridgehead atoms. The molecular weight excluding hydrogens is 454 g/mol. The number of hydrogen-bond donors (Lipinski definition) is 0. The SMILES string of the molecule is C[Si]1(C)c2ccccc2-c2ccc(-c3nc(-c4ccccc4)nc(-c4ccc(Cl)cc4)n3)cc21. The van der Waals surface area contributed by atoms with E-state index in [1.54, 1.807) is 0 Å². The average Bonchev–Trinajstić information content (AvgIpc) is 3.11. The molecule has 0 radical (unpaired) electrons. The van der Waals surface area contributed by atoms with Gasteiger partial charge in [-0.2, -0.15) is 0 Å². The molecular formula is C29H22ClN3Si. The Balaban J connectivity index is 1.53. The lowest BCUT2D eigenvalue weighted by atomic mass is 10.0. The second kappa shape index (κ2) is 8.01. The van der Waals surface area contributed by atoms with Crippen molar-refractivity contribution in [1.82, 2.24) is 15.0 Å². The molecule has 0 amide bonds. The summed E-state index contributed by atoms with van der Waals surface area (Å²) in [6.07, 6.45) is 0. The quantitative estimate of drug-likeness (QED) is 0.286. The highest BCUT2D eigenvalue weighted by Gasteiger charge is 2.37. The first-order chi connectivity index (χ1) is 16.5. The maximum Gasteiger partial charge on any atom is 0.164 e. The van der Waals surface area contributed by atoms with E-state index < -0.39 is 8.07 Å². The van der Waals surface area contributed by atoms with Gasteiger partial charge in [-0.05, 0) is 45.8 Å². The molecule has 3 nitrogen and oxygen atoms in total. The monoisotopic (exact) mass is 475 g/mol. The average molecular weight is 476 g/mol. The molecule has 2 heterocycles. The molecule has 5 aromatic rings. The predicted molar refractivity (Wildman–Crippen MR) is 143 cm³/mol.